The number of hydrogen-bond donors (Lipinski definition) is 1. The first-order valence-electron chi connectivity index (χ1n) is 5.79. The van der Waals surface area contributed by atoms with Crippen molar-refractivity contribution in [1.29, 1.82) is 5.26 Å². The monoisotopic (exact) mass is 248 g/mol. The van der Waals surface area contributed by atoms with Gasteiger partial charge in [-0.05, 0) is 31.0 Å². The fourth-order valence-electron chi connectivity index (χ4n) is 2.23. The number of carboxylic acids is 1. The lowest BCUT2D eigenvalue weighted by molar-refractivity contribution is -0.141. The fourth-order valence-corrected chi connectivity index (χ4v) is 2.23. The predicted octanol–water partition coefficient (Wildman–Crippen LogP) is 2.00. The zero-order valence-corrected chi connectivity index (χ0v) is 9.77. The molecule has 0 aliphatic carbocycles. The first kappa shape index (κ1) is 12.4. The van der Waals surface area contributed by atoms with Gasteiger partial charge in [0.1, 0.15) is 5.82 Å². The lowest BCUT2D eigenvalue weighted by Crippen LogP contribution is -2.39. The third-order valence-electron chi connectivity index (χ3n) is 3.19. The molecule has 0 unspecified atom stereocenters. The highest BCUT2D eigenvalue weighted by Gasteiger charge is 2.26. The molecule has 1 N–H and O–H groups in total. The van der Waals surface area contributed by atoms with Gasteiger partial charge >= 0.3 is 5.97 Å². The number of nitriles is 1. The molecule has 18 heavy (non-hydrogen) atoms. The molecule has 0 saturated carbocycles. The minimum absolute atomic E-state index is 0.267. The second kappa shape index (κ2) is 5.05. The van der Waals surface area contributed by atoms with Crippen LogP contribution in [0, 0.1) is 23.1 Å². The summed E-state index contributed by atoms with van der Waals surface area (Å²) in [4.78, 5) is 12.7. The van der Waals surface area contributed by atoms with E-state index in [0.29, 0.717) is 25.2 Å². The zero-order valence-electron chi connectivity index (χ0n) is 9.77. The molecule has 1 heterocycles. The Bertz CT molecular complexity index is 510. The number of rotatable bonds is 2. The van der Waals surface area contributed by atoms with Crippen LogP contribution in [-0.4, -0.2) is 24.2 Å². The van der Waals surface area contributed by atoms with Gasteiger partial charge in [-0.25, -0.2) is 4.39 Å². The van der Waals surface area contributed by atoms with Crippen molar-refractivity contribution in [3.63, 3.8) is 0 Å². The zero-order chi connectivity index (χ0) is 13.1. The van der Waals surface area contributed by atoms with E-state index in [1.165, 1.54) is 12.1 Å². The van der Waals surface area contributed by atoms with Crippen molar-refractivity contribution in [2.75, 3.05) is 18.0 Å². The Morgan fingerprint density at radius 2 is 2.33 bits per heavy atom. The summed E-state index contributed by atoms with van der Waals surface area (Å²) in [7, 11) is 0. The Balaban J connectivity index is 2.21. The summed E-state index contributed by atoms with van der Waals surface area (Å²) >= 11 is 0. The Labute approximate surface area is 104 Å². The van der Waals surface area contributed by atoms with Gasteiger partial charge in [0.25, 0.3) is 0 Å². The van der Waals surface area contributed by atoms with E-state index in [2.05, 4.69) is 0 Å². The number of anilines is 1. The van der Waals surface area contributed by atoms with E-state index in [1.54, 1.807) is 11.0 Å². The predicted molar refractivity (Wildman–Crippen MR) is 63.7 cm³/mol. The number of carbonyl (C=O) groups is 1. The quantitative estimate of drug-likeness (QED) is 0.869. The first-order chi connectivity index (χ1) is 8.61. The summed E-state index contributed by atoms with van der Waals surface area (Å²) in [5.41, 5.74) is 0.642. The van der Waals surface area contributed by atoms with E-state index in [4.69, 9.17) is 10.4 Å². The van der Waals surface area contributed by atoms with Crippen LogP contribution >= 0.6 is 0 Å². The van der Waals surface area contributed by atoms with Crippen molar-refractivity contribution < 1.29 is 14.3 Å². The fraction of sp³-hybridized carbons (Fsp3) is 0.385. The molecule has 1 saturated heterocycles. The molecule has 2 rings (SSSR count). The summed E-state index contributed by atoms with van der Waals surface area (Å²) in [5, 5.41) is 17.7. The summed E-state index contributed by atoms with van der Waals surface area (Å²) in [6, 6.07) is 6.14. The first-order valence-corrected chi connectivity index (χ1v) is 5.79. The van der Waals surface area contributed by atoms with Crippen LogP contribution < -0.4 is 4.90 Å². The normalized spacial score (nSPS) is 19.3. The Morgan fingerprint density at radius 1 is 1.56 bits per heavy atom. The van der Waals surface area contributed by atoms with Crippen molar-refractivity contribution in [3.05, 3.63) is 29.6 Å². The standard InChI is InChI=1S/C13H13FN2O2/c14-11-6-9(7-15)3-4-12(11)16-5-1-2-10(8-16)13(17)18/h3-4,6,10H,1-2,5,8H2,(H,17,18)/t10-/m0/s1. The van der Waals surface area contributed by atoms with Crippen LogP contribution in [-0.2, 0) is 4.79 Å². The van der Waals surface area contributed by atoms with Gasteiger partial charge in [-0.15, -0.1) is 0 Å². The van der Waals surface area contributed by atoms with Gasteiger partial charge in [0.2, 0.25) is 0 Å². The van der Waals surface area contributed by atoms with E-state index < -0.39 is 17.7 Å². The summed E-state index contributed by atoms with van der Waals surface area (Å²) in [6.07, 6.45) is 1.36. The molecule has 4 nitrogen and oxygen atoms in total. The van der Waals surface area contributed by atoms with Gasteiger partial charge in [0, 0.05) is 13.1 Å². The van der Waals surface area contributed by atoms with Crippen LogP contribution in [0.5, 0.6) is 0 Å². The maximum absolute atomic E-state index is 13.8. The third-order valence-corrected chi connectivity index (χ3v) is 3.19. The second-order valence-electron chi connectivity index (χ2n) is 4.40. The highest BCUT2D eigenvalue weighted by Crippen LogP contribution is 2.26. The minimum atomic E-state index is -0.839. The molecule has 1 atom stereocenters. The van der Waals surface area contributed by atoms with Crippen LogP contribution in [0.3, 0.4) is 0 Å². The highest BCUT2D eigenvalue weighted by molar-refractivity contribution is 5.71. The van der Waals surface area contributed by atoms with Crippen molar-refractivity contribution in [1.82, 2.24) is 0 Å². The lowest BCUT2D eigenvalue weighted by atomic mass is 9.97. The van der Waals surface area contributed by atoms with Gasteiger partial charge in [0.15, 0.2) is 0 Å². The molecule has 0 amide bonds. The molecule has 0 aromatic heterocycles. The second-order valence-corrected chi connectivity index (χ2v) is 4.40. The van der Waals surface area contributed by atoms with Gasteiger partial charge < -0.3 is 10.0 Å². The van der Waals surface area contributed by atoms with Crippen LogP contribution in [0.15, 0.2) is 18.2 Å². The Hall–Kier alpha value is -2.09. The average Bonchev–Trinajstić information content (AvgIpc) is 2.38. The van der Waals surface area contributed by atoms with Crippen molar-refractivity contribution in [2.45, 2.75) is 12.8 Å². The summed E-state index contributed by atoms with van der Waals surface area (Å²) < 4.78 is 13.8. The number of nitrogens with zero attached hydrogens (tertiary/aromatic N) is 2. The summed E-state index contributed by atoms with van der Waals surface area (Å²) in [5.74, 6) is -1.76. The third kappa shape index (κ3) is 2.43. The number of aliphatic carboxylic acids is 1. The van der Waals surface area contributed by atoms with Crippen LogP contribution in [0.2, 0.25) is 0 Å². The smallest absolute Gasteiger partial charge is 0.308 e. The van der Waals surface area contributed by atoms with Crippen LogP contribution in [0.4, 0.5) is 10.1 Å². The van der Waals surface area contributed by atoms with Gasteiger partial charge in [-0.2, -0.15) is 5.26 Å². The van der Waals surface area contributed by atoms with E-state index in [0.717, 1.165) is 6.42 Å². The lowest BCUT2D eigenvalue weighted by Gasteiger charge is -2.32. The minimum Gasteiger partial charge on any atom is -0.481 e. The SMILES string of the molecule is N#Cc1ccc(N2CCC[C@H](C(=O)O)C2)c(F)c1. The maximum atomic E-state index is 13.8. The molecule has 1 aromatic rings. The molecule has 1 aliphatic heterocycles. The number of halogens is 1. The van der Waals surface area contributed by atoms with E-state index >= 15 is 0 Å². The van der Waals surface area contributed by atoms with Gasteiger partial charge in [-0.3, -0.25) is 4.79 Å². The van der Waals surface area contributed by atoms with Gasteiger partial charge in [0.05, 0.1) is 23.2 Å². The molecular weight excluding hydrogens is 235 g/mol. The molecule has 94 valence electrons. The number of piperidine rings is 1. The Morgan fingerprint density at radius 3 is 2.94 bits per heavy atom. The number of carboxylic acid groups (broad SMARTS) is 1. The van der Waals surface area contributed by atoms with Crippen LogP contribution in [0.25, 0.3) is 0 Å². The van der Waals surface area contributed by atoms with Crippen LogP contribution in [0.1, 0.15) is 18.4 Å². The highest BCUT2D eigenvalue weighted by atomic mass is 19.1. The molecule has 5 heteroatoms. The average molecular weight is 248 g/mol. The molecule has 0 bridgehead atoms. The molecule has 1 fully saturated rings. The molecule has 1 aromatic carbocycles. The van der Waals surface area contributed by atoms with E-state index in [9.17, 15) is 9.18 Å². The molecule has 0 radical (unpaired) electrons. The van der Waals surface area contributed by atoms with Gasteiger partial charge in [-0.1, -0.05) is 0 Å². The summed E-state index contributed by atoms with van der Waals surface area (Å²) in [6.45, 7) is 0.963. The Kier molecular flexibility index (Phi) is 3.47. The molecule has 0 spiro atoms. The van der Waals surface area contributed by atoms with Crippen molar-refractivity contribution in [3.8, 4) is 6.07 Å². The van der Waals surface area contributed by atoms with Crippen molar-refractivity contribution in [2.24, 2.45) is 5.92 Å². The van der Waals surface area contributed by atoms with E-state index in [1.807, 2.05) is 6.07 Å². The largest absolute Gasteiger partial charge is 0.481 e. The molecule has 1 aliphatic rings. The topological polar surface area (TPSA) is 64.3 Å². The number of benzene rings is 1. The number of hydrogen-bond acceptors (Lipinski definition) is 3. The maximum Gasteiger partial charge on any atom is 0.308 e. The van der Waals surface area contributed by atoms with E-state index in [-0.39, 0.29) is 5.56 Å². The van der Waals surface area contributed by atoms with Crippen molar-refractivity contribution >= 4 is 11.7 Å². The molecular formula is C13H13FN2O2.